The molecule has 1 heterocycles. The Morgan fingerprint density at radius 3 is 2.84 bits per heavy atom. The number of hydrogen-bond acceptors (Lipinski definition) is 3. The van der Waals surface area contributed by atoms with Gasteiger partial charge in [-0.05, 0) is 50.6 Å². The lowest BCUT2D eigenvalue weighted by molar-refractivity contribution is 0.0696. The lowest BCUT2D eigenvalue weighted by Gasteiger charge is -2.21. The minimum atomic E-state index is -0.869. The molecule has 1 fully saturated rings. The Labute approximate surface area is 114 Å². The van der Waals surface area contributed by atoms with Crippen LogP contribution in [-0.2, 0) is 6.54 Å². The van der Waals surface area contributed by atoms with Gasteiger partial charge in [0.1, 0.15) is 0 Å². The molecular formula is C15H22N2O2. The van der Waals surface area contributed by atoms with E-state index in [0.29, 0.717) is 11.6 Å². The highest BCUT2D eigenvalue weighted by Crippen LogP contribution is 2.09. The number of likely N-dealkylation sites (tertiary alicyclic amines) is 1. The number of nitrogens with one attached hydrogen (secondary N) is 1. The predicted molar refractivity (Wildman–Crippen MR) is 75.4 cm³/mol. The second-order valence-electron chi connectivity index (χ2n) is 5.30. The third kappa shape index (κ3) is 4.33. The van der Waals surface area contributed by atoms with Crippen molar-refractivity contribution in [3.05, 3.63) is 35.4 Å². The Hall–Kier alpha value is -1.39. The fraction of sp³-hybridized carbons (Fsp3) is 0.533. The molecule has 1 aromatic rings. The summed E-state index contributed by atoms with van der Waals surface area (Å²) in [6, 6.07) is 7.54. The first kappa shape index (κ1) is 14.0. The minimum absolute atomic E-state index is 0.353. The van der Waals surface area contributed by atoms with E-state index in [1.165, 1.54) is 25.9 Å². The molecule has 0 amide bonds. The first-order valence-corrected chi connectivity index (χ1v) is 6.93. The van der Waals surface area contributed by atoms with Crippen LogP contribution in [0.25, 0.3) is 0 Å². The molecule has 1 atom stereocenters. The SMILES string of the molecule is CC(CN1CCCC1)NCc1cccc(C(=O)O)c1. The molecule has 2 rings (SSSR count). The molecule has 0 spiro atoms. The van der Waals surface area contributed by atoms with E-state index in [-0.39, 0.29) is 0 Å². The number of carbonyl (C=O) groups is 1. The maximum absolute atomic E-state index is 10.9. The van der Waals surface area contributed by atoms with Crippen molar-refractivity contribution in [1.82, 2.24) is 10.2 Å². The molecule has 0 aromatic heterocycles. The van der Waals surface area contributed by atoms with Gasteiger partial charge in [0.2, 0.25) is 0 Å². The van der Waals surface area contributed by atoms with Gasteiger partial charge in [-0.15, -0.1) is 0 Å². The molecule has 4 heteroatoms. The van der Waals surface area contributed by atoms with Gasteiger partial charge >= 0.3 is 5.97 Å². The Morgan fingerprint density at radius 1 is 1.42 bits per heavy atom. The van der Waals surface area contributed by atoms with Crippen LogP contribution in [0.2, 0.25) is 0 Å². The number of rotatable bonds is 6. The van der Waals surface area contributed by atoms with Crippen LogP contribution in [0.4, 0.5) is 0 Å². The van der Waals surface area contributed by atoms with Crippen molar-refractivity contribution < 1.29 is 9.90 Å². The van der Waals surface area contributed by atoms with Crippen molar-refractivity contribution in [2.45, 2.75) is 32.4 Å². The first-order valence-electron chi connectivity index (χ1n) is 6.93. The van der Waals surface area contributed by atoms with Gasteiger partial charge in [0, 0.05) is 19.1 Å². The van der Waals surface area contributed by atoms with Crippen molar-refractivity contribution >= 4 is 5.97 Å². The summed E-state index contributed by atoms with van der Waals surface area (Å²) in [5.74, 6) is -0.869. The van der Waals surface area contributed by atoms with Crippen LogP contribution in [0, 0.1) is 0 Å². The number of aromatic carboxylic acids is 1. The van der Waals surface area contributed by atoms with E-state index in [9.17, 15) is 4.79 Å². The van der Waals surface area contributed by atoms with Crippen LogP contribution in [0.15, 0.2) is 24.3 Å². The van der Waals surface area contributed by atoms with Gasteiger partial charge < -0.3 is 15.3 Å². The van der Waals surface area contributed by atoms with Gasteiger partial charge in [-0.3, -0.25) is 0 Å². The monoisotopic (exact) mass is 262 g/mol. The zero-order chi connectivity index (χ0) is 13.7. The Balaban J connectivity index is 1.80. The van der Waals surface area contributed by atoms with Crippen molar-refractivity contribution in [1.29, 1.82) is 0 Å². The van der Waals surface area contributed by atoms with Gasteiger partial charge in [0.05, 0.1) is 5.56 Å². The number of benzene rings is 1. The molecule has 0 aliphatic carbocycles. The van der Waals surface area contributed by atoms with Gasteiger partial charge in [-0.1, -0.05) is 12.1 Å². The van der Waals surface area contributed by atoms with Gasteiger partial charge in [-0.2, -0.15) is 0 Å². The fourth-order valence-electron chi connectivity index (χ4n) is 2.52. The number of nitrogens with zero attached hydrogens (tertiary/aromatic N) is 1. The summed E-state index contributed by atoms with van der Waals surface area (Å²) in [5.41, 5.74) is 1.37. The Morgan fingerprint density at radius 2 is 2.16 bits per heavy atom. The van der Waals surface area contributed by atoms with E-state index in [1.54, 1.807) is 18.2 Å². The highest BCUT2D eigenvalue weighted by Gasteiger charge is 2.14. The smallest absolute Gasteiger partial charge is 0.335 e. The average molecular weight is 262 g/mol. The summed E-state index contributed by atoms with van der Waals surface area (Å²) in [4.78, 5) is 13.4. The Bertz CT molecular complexity index is 428. The summed E-state index contributed by atoms with van der Waals surface area (Å²) in [6.07, 6.45) is 2.63. The zero-order valence-electron chi connectivity index (χ0n) is 11.4. The predicted octanol–water partition coefficient (Wildman–Crippen LogP) is 1.96. The Kier molecular flexibility index (Phi) is 4.93. The molecule has 1 unspecified atom stereocenters. The number of carboxylic acids is 1. The van der Waals surface area contributed by atoms with Gasteiger partial charge in [0.25, 0.3) is 0 Å². The molecule has 2 N–H and O–H groups in total. The van der Waals surface area contributed by atoms with E-state index in [2.05, 4.69) is 17.1 Å². The standard InChI is InChI=1S/C15H22N2O2/c1-12(11-17-7-2-3-8-17)16-10-13-5-4-6-14(9-13)15(18)19/h4-6,9,12,16H,2-3,7-8,10-11H2,1H3,(H,18,19). The van der Waals surface area contributed by atoms with Crippen LogP contribution < -0.4 is 5.32 Å². The van der Waals surface area contributed by atoms with Crippen LogP contribution in [0.5, 0.6) is 0 Å². The molecule has 4 nitrogen and oxygen atoms in total. The number of carboxylic acid groups (broad SMARTS) is 1. The highest BCUT2D eigenvalue weighted by molar-refractivity contribution is 5.87. The topological polar surface area (TPSA) is 52.6 Å². The van der Waals surface area contributed by atoms with E-state index < -0.39 is 5.97 Å². The quantitative estimate of drug-likeness (QED) is 0.823. The normalized spacial score (nSPS) is 17.5. The average Bonchev–Trinajstić information content (AvgIpc) is 2.89. The lowest BCUT2D eigenvalue weighted by atomic mass is 10.1. The van der Waals surface area contributed by atoms with Crippen molar-refractivity contribution in [3.8, 4) is 0 Å². The maximum atomic E-state index is 10.9. The van der Waals surface area contributed by atoms with Crippen LogP contribution in [0.3, 0.4) is 0 Å². The third-order valence-corrected chi connectivity index (χ3v) is 3.56. The molecule has 104 valence electrons. The van der Waals surface area contributed by atoms with E-state index in [0.717, 1.165) is 18.7 Å². The molecule has 0 saturated carbocycles. The summed E-state index contributed by atoms with van der Waals surface area (Å²) in [5, 5.41) is 12.4. The van der Waals surface area contributed by atoms with Crippen LogP contribution >= 0.6 is 0 Å². The summed E-state index contributed by atoms with van der Waals surface area (Å²) >= 11 is 0. The van der Waals surface area contributed by atoms with Crippen molar-refractivity contribution in [2.75, 3.05) is 19.6 Å². The second-order valence-corrected chi connectivity index (χ2v) is 5.30. The fourth-order valence-corrected chi connectivity index (χ4v) is 2.52. The summed E-state index contributed by atoms with van der Waals surface area (Å²) in [7, 11) is 0. The number of hydrogen-bond donors (Lipinski definition) is 2. The molecule has 19 heavy (non-hydrogen) atoms. The molecular weight excluding hydrogens is 240 g/mol. The van der Waals surface area contributed by atoms with E-state index in [1.807, 2.05) is 6.07 Å². The molecule has 1 saturated heterocycles. The lowest BCUT2D eigenvalue weighted by Crippen LogP contribution is -2.37. The van der Waals surface area contributed by atoms with Crippen LogP contribution in [-0.4, -0.2) is 41.7 Å². The molecule has 1 aliphatic rings. The first-order chi connectivity index (χ1) is 9.15. The molecule has 1 aliphatic heterocycles. The third-order valence-electron chi connectivity index (χ3n) is 3.56. The van der Waals surface area contributed by atoms with Crippen molar-refractivity contribution in [3.63, 3.8) is 0 Å². The maximum Gasteiger partial charge on any atom is 0.335 e. The summed E-state index contributed by atoms with van der Waals surface area (Å²) < 4.78 is 0. The van der Waals surface area contributed by atoms with Crippen molar-refractivity contribution in [2.24, 2.45) is 0 Å². The molecule has 1 aromatic carbocycles. The van der Waals surface area contributed by atoms with E-state index in [4.69, 9.17) is 5.11 Å². The molecule has 0 radical (unpaired) electrons. The van der Waals surface area contributed by atoms with Crippen LogP contribution in [0.1, 0.15) is 35.7 Å². The van der Waals surface area contributed by atoms with Gasteiger partial charge in [0.15, 0.2) is 0 Å². The minimum Gasteiger partial charge on any atom is -0.478 e. The largest absolute Gasteiger partial charge is 0.478 e. The summed E-state index contributed by atoms with van der Waals surface area (Å²) in [6.45, 7) is 6.38. The molecule has 0 bridgehead atoms. The second kappa shape index (κ2) is 6.68. The van der Waals surface area contributed by atoms with Gasteiger partial charge in [-0.25, -0.2) is 4.79 Å². The van der Waals surface area contributed by atoms with E-state index >= 15 is 0 Å². The zero-order valence-corrected chi connectivity index (χ0v) is 11.4. The highest BCUT2D eigenvalue weighted by atomic mass is 16.4.